The Morgan fingerprint density at radius 2 is 2.10 bits per heavy atom. The molecule has 6 atom stereocenters. The maximum atomic E-state index is 11.5. The van der Waals surface area contributed by atoms with E-state index >= 15 is 0 Å². The van der Waals surface area contributed by atoms with Crippen molar-refractivity contribution in [2.75, 3.05) is 13.7 Å². The Morgan fingerprint density at radius 3 is 2.57 bits per heavy atom. The first-order valence-corrected chi connectivity index (χ1v) is 6.44. The van der Waals surface area contributed by atoms with Gasteiger partial charge in [-0.1, -0.05) is 0 Å². The Bertz CT molecular complexity index is 376. The van der Waals surface area contributed by atoms with Crippen LogP contribution in [0.25, 0.3) is 0 Å². The average Bonchev–Trinajstić information content (AvgIpc) is 2.45. The van der Waals surface area contributed by atoms with Gasteiger partial charge >= 0.3 is 11.9 Å². The van der Waals surface area contributed by atoms with E-state index in [1.54, 1.807) is 0 Å². The molecule has 0 aromatic heterocycles. The van der Waals surface area contributed by atoms with Crippen LogP contribution >= 0.6 is 0 Å². The predicted molar refractivity (Wildman–Crippen MR) is 67.9 cm³/mol. The molecule has 1 rings (SSSR count). The standard InChI is InChI=1S/C12H21NO8/c1-5(15)20-8(4-14)10(17)11-9(13)6(16)3-7(21-11)12(18)19-2/h6-11,14,16-17H,3-4,13H2,1-2H3/t6?,7?,8-,9?,10?,11?/m1/s1. The van der Waals surface area contributed by atoms with Crippen LogP contribution in [-0.4, -0.2) is 77.5 Å². The van der Waals surface area contributed by atoms with Gasteiger partial charge < -0.3 is 35.3 Å². The van der Waals surface area contributed by atoms with E-state index in [9.17, 15) is 19.8 Å². The molecule has 5 unspecified atom stereocenters. The van der Waals surface area contributed by atoms with E-state index in [1.807, 2.05) is 0 Å². The molecule has 21 heavy (non-hydrogen) atoms. The zero-order valence-electron chi connectivity index (χ0n) is 11.8. The summed E-state index contributed by atoms with van der Waals surface area (Å²) in [4.78, 5) is 22.4. The second-order valence-electron chi connectivity index (χ2n) is 4.81. The van der Waals surface area contributed by atoms with Crippen LogP contribution in [0.3, 0.4) is 0 Å². The quantitative estimate of drug-likeness (QED) is 0.398. The maximum absolute atomic E-state index is 11.5. The summed E-state index contributed by atoms with van der Waals surface area (Å²) >= 11 is 0. The van der Waals surface area contributed by atoms with E-state index in [4.69, 9.17) is 20.3 Å². The van der Waals surface area contributed by atoms with Gasteiger partial charge in [0.1, 0.15) is 12.2 Å². The lowest BCUT2D eigenvalue weighted by Crippen LogP contribution is -2.61. The van der Waals surface area contributed by atoms with E-state index in [-0.39, 0.29) is 6.42 Å². The minimum Gasteiger partial charge on any atom is -0.467 e. The highest BCUT2D eigenvalue weighted by Gasteiger charge is 2.45. The van der Waals surface area contributed by atoms with Gasteiger partial charge in [0.15, 0.2) is 12.2 Å². The number of aliphatic hydroxyl groups is 3. The van der Waals surface area contributed by atoms with Gasteiger partial charge in [-0.2, -0.15) is 0 Å². The molecule has 1 heterocycles. The largest absolute Gasteiger partial charge is 0.467 e. The smallest absolute Gasteiger partial charge is 0.335 e. The van der Waals surface area contributed by atoms with Crippen molar-refractivity contribution < 1.29 is 39.1 Å². The average molecular weight is 307 g/mol. The predicted octanol–water partition coefficient (Wildman–Crippen LogP) is -2.71. The number of rotatable bonds is 5. The number of esters is 2. The highest BCUT2D eigenvalue weighted by molar-refractivity contribution is 5.74. The summed E-state index contributed by atoms with van der Waals surface area (Å²) in [6.45, 7) is 0.454. The number of aliphatic hydroxyl groups excluding tert-OH is 3. The third-order valence-corrected chi connectivity index (χ3v) is 3.28. The fraction of sp³-hybridized carbons (Fsp3) is 0.833. The van der Waals surface area contributed by atoms with Crippen LogP contribution in [0.15, 0.2) is 0 Å². The summed E-state index contributed by atoms with van der Waals surface area (Å²) in [5, 5.41) is 29.2. The summed E-state index contributed by atoms with van der Waals surface area (Å²) < 4.78 is 14.6. The van der Waals surface area contributed by atoms with Crippen LogP contribution in [0.4, 0.5) is 0 Å². The molecule has 0 aliphatic carbocycles. The fourth-order valence-corrected chi connectivity index (χ4v) is 2.16. The summed E-state index contributed by atoms with van der Waals surface area (Å²) in [5.41, 5.74) is 5.74. The Balaban J connectivity index is 2.85. The Labute approximate surface area is 121 Å². The molecule has 1 aliphatic rings. The lowest BCUT2D eigenvalue weighted by molar-refractivity contribution is -0.200. The van der Waals surface area contributed by atoms with E-state index in [0.717, 1.165) is 14.0 Å². The van der Waals surface area contributed by atoms with Gasteiger partial charge in [0.05, 0.1) is 25.9 Å². The monoisotopic (exact) mass is 307 g/mol. The number of hydrogen-bond donors (Lipinski definition) is 4. The van der Waals surface area contributed by atoms with Crippen molar-refractivity contribution in [1.29, 1.82) is 0 Å². The minimum absolute atomic E-state index is 0.0750. The lowest BCUT2D eigenvalue weighted by atomic mass is 9.91. The summed E-state index contributed by atoms with van der Waals surface area (Å²) in [6.07, 6.45) is -6.26. The molecule has 0 saturated carbocycles. The van der Waals surface area contributed by atoms with Crippen molar-refractivity contribution in [2.45, 2.75) is 49.9 Å². The van der Waals surface area contributed by atoms with Gasteiger partial charge in [0, 0.05) is 13.3 Å². The fourth-order valence-electron chi connectivity index (χ4n) is 2.16. The molecule has 0 radical (unpaired) electrons. The molecule has 5 N–H and O–H groups in total. The topological polar surface area (TPSA) is 149 Å². The molecule has 1 saturated heterocycles. The van der Waals surface area contributed by atoms with Crippen LogP contribution in [0.1, 0.15) is 13.3 Å². The number of carbonyl (C=O) groups excluding carboxylic acids is 2. The normalized spacial score (nSPS) is 32.1. The van der Waals surface area contributed by atoms with Crippen LogP contribution in [0.2, 0.25) is 0 Å². The van der Waals surface area contributed by atoms with E-state index in [2.05, 4.69) is 4.74 Å². The Morgan fingerprint density at radius 1 is 1.48 bits per heavy atom. The molecule has 9 nitrogen and oxygen atoms in total. The molecule has 0 aromatic rings. The third kappa shape index (κ3) is 4.35. The zero-order chi connectivity index (χ0) is 16.2. The first-order chi connectivity index (χ1) is 9.81. The molecular formula is C12H21NO8. The van der Waals surface area contributed by atoms with Crippen molar-refractivity contribution in [1.82, 2.24) is 0 Å². The number of ether oxygens (including phenoxy) is 3. The van der Waals surface area contributed by atoms with Crippen molar-refractivity contribution in [3.8, 4) is 0 Å². The van der Waals surface area contributed by atoms with Gasteiger partial charge in [-0.15, -0.1) is 0 Å². The van der Waals surface area contributed by atoms with Crippen molar-refractivity contribution in [3.05, 3.63) is 0 Å². The minimum atomic E-state index is -1.50. The van der Waals surface area contributed by atoms with E-state index in [1.165, 1.54) is 0 Å². The second kappa shape index (κ2) is 7.66. The summed E-state index contributed by atoms with van der Waals surface area (Å²) in [7, 11) is 1.16. The number of carbonyl (C=O) groups is 2. The van der Waals surface area contributed by atoms with Gasteiger partial charge in [-0.25, -0.2) is 4.79 Å². The molecule has 1 aliphatic heterocycles. The van der Waals surface area contributed by atoms with Crippen molar-refractivity contribution in [2.24, 2.45) is 5.73 Å². The van der Waals surface area contributed by atoms with Crippen LogP contribution < -0.4 is 5.73 Å². The van der Waals surface area contributed by atoms with Crippen LogP contribution in [-0.2, 0) is 23.8 Å². The molecule has 0 aromatic carbocycles. The van der Waals surface area contributed by atoms with Crippen LogP contribution in [0, 0.1) is 0 Å². The van der Waals surface area contributed by atoms with Crippen molar-refractivity contribution >= 4 is 11.9 Å². The van der Waals surface area contributed by atoms with Crippen LogP contribution in [0.5, 0.6) is 0 Å². The highest BCUT2D eigenvalue weighted by Crippen LogP contribution is 2.24. The third-order valence-electron chi connectivity index (χ3n) is 3.28. The van der Waals surface area contributed by atoms with Gasteiger partial charge in [0.25, 0.3) is 0 Å². The molecule has 0 amide bonds. The number of hydrogen-bond acceptors (Lipinski definition) is 9. The Kier molecular flexibility index (Phi) is 6.49. The molecule has 122 valence electrons. The maximum Gasteiger partial charge on any atom is 0.335 e. The second-order valence-corrected chi connectivity index (χ2v) is 4.81. The lowest BCUT2D eigenvalue weighted by Gasteiger charge is -2.40. The molecule has 1 fully saturated rings. The van der Waals surface area contributed by atoms with E-state index < -0.39 is 55.1 Å². The van der Waals surface area contributed by atoms with Gasteiger partial charge in [-0.05, 0) is 0 Å². The van der Waals surface area contributed by atoms with Gasteiger partial charge in [-0.3, -0.25) is 4.79 Å². The number of methoxy groups -OCH3 is 1. The molecule has 0 spiro atoms. The zero-order valence-corrected chi connectivity index (χ0v) is 11.8. The van der Waals surface area contributed by atoms with Gasteiger partial charge in [0.2, 0.25) is 0 Å². The van der Waals surface area contributed by atoms with Crippen molar-refractivity contribution in [3.63, 3.8) is 0 Å². The molecule has 0 bridgehead atoms. The summed E-state index contributed by atoms with van der Waals surface area (Å²) in [5.74, 6) is -1.42. The number of nitrogens with two attached hydrogens (primary N) is 1. The first kappa shape index (κ1) is 17.8. The Hall–Kier alpha value is -1.26. The summed E-state index contributed by atoms with van der Waals surface area (Å²) in [6, 6.07) is -1.01. The van der Waals surface area contributed by atoms with E-state index in [0.29, 0.717) is 0 Å². The first-order valence-electron chi connectivity index (χ1n) is 6.44. The SMILES string of the molecule is COC(=O)C1CC(O)C(N)C(C(O)[C@@H](CO)OC(C)=O)O1. The highest BCUT2D eigenvalue weighted by atomic mass is 16.6. The molecular weight excluding hydrogens is 286 g/mol. The molecule has 9 heteroatoms.